The monoisotopic (exact) mass is 772 g/mol. The summed E-state index contributed by atoms with van der Waals surface area (Å²) in [6.07, 6.45) is -10.6. The van der Waals surface area contributed by atoms with Gasteiger partial charge in [0.15, 0.2) is 18.4 Å². The molecule has 4 heterocycles. The summed E-state index contributed by atoms with van der Waals surface area (Å²) in [4.78, 5) is 0. The van der Waals surface area contributed by atoms with Gasteiger partial charge in [0.1, 0.15) is 48.8 Å². The van der Waals surface area contributed by atoms with Crippen molar-refractivity contribution in [3.63, 3.8) is 0 Å². The van der Waals surface area contributed by atoms with Crippen LogP contribution in [0.3, 0.4) is 0 Å². The molecule has 0 aromatic carbocycles. The van der Waals surface area contributed by atoms with Gasteiger partial charge in [-0.05, 0) is 73.5 Å². The first-order valence-electron chi connectivity index (χ1n) is 20.5. The Bertz CT molecular complexity index is 1340. The Hall–Kier alpha value is -0.600. The third kappa shape index (κ3) is 5.93. The third-order valence-corrected chi connectivity index (χ3v) is 16.4. The van der Waals surface area contributed by atoms with E-state index < -0.39 is 104 Å². The van der Waals surface area contributed by atoms with Crippen LogP contribution in [0.5, 0.6) is 0 Å². The van der Waals surface area contributed by atoms with Crippen molar-refractivity contribution in [1.29, 1.82) is 0 Å². The van der Waals surface area contributed by atoms with Crippen LogP contribution < -0.4 is 0 Å². The van der Waals surface area contributed by atoms with E-state index in [1.54, 1.807) is 0 Å². The fourth-order valence-corrected chi connectivity index (χ4v) is 13.3. The molecule has 23 atom stereocenters. The van der Waals surface area contributed by atoms with E-state index in [-0.39, 0.29) is 30.3 Å². The standard InChI is InChI=1S/C39H64O15/c1-17-5-10-39(49-16-17)18(2)27-23(54-39)12-22-20-6-9-38(48)13-19(11-26(42)37(38,4)21(20)7-8-36(22,27)3)50-34-32(47)30(45)33(25(15-41)52-34)53-35-31(46)29(44)28(43)24(14-40)51-35/h17-35,40-48H,5-16H2,1-4H3/t17-,18+,19+,20-,21+,22+,23+,24-,25-,26-,27+,28-,29+,30-,31-,32-,33-,34-,35+,36+,37+,38+,39-/m1/s1. The molecule has 4 aliphatic heterocycles. The van der Waals surface area contributed by atoms with Crippen LogP contribution >= 0.6 is 0 Å². The highest BCUT2D eigenvalue weighted by molar-refractivity contribution is 5.19. The molecule has 8 rings (SSSR count). The second-order valence-corrected chi connectivity index (χ2v) is 19.0. The Morgan fingerprint density at radius 3 is 2.09 bits per heavy atom. The molecule has 0 amide bonds. The topological polar surface area (TPSA) is 237 Å². The average molecular weight is 773 g/mol. The summed E-state index contributed by atoms with van der Waals surface area (Å²) < 4.78 is 36.6. The van der Waals surface area contributed by atoms with E-state index in [2.05, 4.69) is 20.8 Å². The van der Waals surface area contributed by atoms with E-state index in [1.807, 2.05) is 6.92 Å². The zero-order chi connectivity index (χ0) is 38.7. The van der Waals surface area contributed by atoms with Crippen LogP contribution in [0.2, 0.25) is 0 Å². The summed E-state index contributed by atoms with van der Waals surface area (Å²) in [7, 11) is 0. The number of ether oxygens (including phenoxy) is 6. The van der Waals surface area contributed by atoms with Gasteiger partial charge in [0.25, 0.3) is 0 Å². The van der Waals surface area contributed by atoms with Gasteiger partial charge in [-0.1, -0.05) is 27.7 Å². The molecule has 15 nitrogen and oxygen atoms in total. The molecule has 8 aliphatic rings. The number of rotatable bonds is 6. The molecular formula is C39H64O15. The molecule has 4 aliphatic carbocycles. The maximum Gasteiger partial charge on any atom is 0.187 e. The van der Waals surface area contributed by atoms with Gasteiger partial charge in [-0.2, -0.15) is 0 Å². The first-order valence-corrected chi connectivity index (χ1v) is 20.5. The zero-order valence-corrected chi connectivity index (χ0v) is 31.9. The molecule has 54 heavy (non-hydrogen) atoms. The number of hydrogen-bond donors (Lipinski definition) is 9. The van der Waals surface area contributed by atoms with Gasteiger partial charge < -0.3 is 74.4 Å². The van der Waals surface area contributed by atoms with E-state index in [0.717, 1.165) is 45.1 Å². The first kappa shape index (κ1) is 40.2. The van der Waals surface area contributed by atoms with Gasteiger partial charge in [-0.3, -0.25) is 0 Å². The molecular weight excluding hydrogens is 708 g/mol. The summed E-state index contributed by atoms with van der Waals surface area (Å²) in [5.74, 6) is 1.60. The van der Waals surface area contributed by atoms with Crippen molar-refractivity contribution < 1.29 is 74.4 Å². The Kier molecular flexibility index (Phi) is 10.6. The van der Waals surface area contributed by atoms with Crippen LogP contribution in [0.4, 0.5) is 0 Å². The van der Waals surface area contributed by atoms with Crippen molar-refractivity contribution >= 4 is 0 Å². The van der Waals surface area contributed by atoms with Crippen LogP contribution in [0.15, 0.2) is 0 Å². The molecule has 1 spiro atoms. The minimum absolute atomic E-state index is 0.0845. The van der Waals surface area contributed by atoms with Crippen molar-refractivity contribution in [1.82, 2.24) is 0 Å². The lowest BCUT2D eigenvalue weighted by Gasteiger charge is -2.65. The van der Waals surface area contributed by atoms with Gasteiger partial charge in [-0.25, -0.2) is 0 Å². The highest BCUT2D eigenvalue weighted by Gasteiger charge is 2.72. The average Bonchev–Trinajstić information content (AvgIpc) is 3.59. The number of hydrogen-bond acceptors (Lipinski definition) is 15. The van der Waals surface area contributed by atoms with Crippen LogP contribution in [0.25, 0.3) is 0 Å². The predicted octanol–water partition coefficient (Wildman–Crippen LogP) is -0.472. The fourth-order valence-electron chi connectivity index (χ4n) is 13.3. The number of aliphatic hydroxyl groups excluding tert-OH is 8. The lowest BCUT2D eigenvalue weighted by molar-refractivity contribution is -0.367. The lowest BCUT2D eigenvalue weighted by atomic mass is 9.42. The highest BCUT2D eigenvalue weighted by Crippen LogP contribution is 2.72. The van der Waals surface area contributed by atoms with Crippen molar-refractivity contribution in [2.24, 2.45) is 46.3 Å². The number of fused-ring (bicyclic) bond motifs is 7. The molecule has 310 valence electrons. The fraction of sp³-hybridized carbons (Fsp3) is 1.00. The van der Waals surface area contributed by atoms with Gasteiger partial charge in [0, 0.05) is 30.6 Å². The smallest absolute Gasteiger partial charge is 0.187 e. The van der Waals surface area contributed by atoms with Crippen molar-refractivity contribution in [3.05, 3.63) is 0 Å². The molecule has 0 unspecified atom stereocenters. The molecule has 0 aromatic heterocycles. The third-order valence-electron chi connectivity index (χ3n) is 16.4. The summed E-state index contributed by atoms with van der Waals surface area (Å²) >= 11 is 0. The summed E-state index contributed by atoms with van der Waals surface area (Å²) in [6.45, 7) is 8.41. The molecule has 8 fully saturated rings. The van der Waals surface area contributed by atoms with E-state index in [9.17, 15) is 46.0 Å². The largest absolute Gasteiger partial charge is 0.394 e. The summed E-state index contributed by atoms with van der Waals surface area (Å²) in [5, 5.41) is 97.3. The molecule has 0 aromatic rings. The minimum Gasteiger partial charge on any atom is -0.394 e. The zero-order valence-electron chi connectivity index (χ0n) is 31.9. The Labute approximate surface area is 316 Å². The van der Waals surface area contributed by atoms with Crippen molar-refractivity contribution in [2.45, 2.75) is 177 Å². The lowest BCUT2D eigenvalue weighted by Crippen LogP contribution is -2.69. The van der Waals surface area contributed by atoms with Crippen LogP contribution in [-0.2, 0) is 28.4 Å². The Morgan fingerprint density at radius 2 is 1.41 bits per heavy atom. The molecule has 0 radical (unpaired) electrons. The van der Waals surface area contributed by atoms with E-state index >= 15 is 0 Å². The van der Waals surface area contributed by atoms with Gasteiger partial charge >= 0.3 is 0 Å². The SMILES string of the molecule is C[C@@H]1CC[C@@]2(OC1)O[C@H]1C[C@H]3[C@@H]4CC[C@]5(O)C[C@@H](O[C@@H]6O[C@H](CO)[C@@H](O[C@@H]7O[C@H](CO)[C@@H](O)[C@H](O)[C@H]7O)[C@H](O)[C@H]6O)C[C@@H](O)[C@]5(C)[C@H]4CC[C@]3(C)[C@H]1[C@@H]2C. The second-order valence-electron chi connectivity index (χ2n) is 19.0. The van der Waals surface area contributed by atoms with Crippen molar-refractivity contribution in [3.8, 4) is 0 Å². The van der Waals surface area contributed by atoms with Gasteiger partial charge in [-0.15, -0.1) is 0 Å². The number of aliphatic hydroxyl groups is 9. The molecule has 9 N–H and O–H groups in total. The summed E-state index contributed by atoms with van der Waals surface area (Å²) in [6, 6.07) is 0. The normalized spacial score (nSPS) is 60.1. The molecule has 4 saturated heterocycles. The Morgan fingerprint density at radius 1 is 0.722 bits per heavy atom. The highest BCUT2D eigenvalue weighted by atomic mass is 16.7. The molecule has 0 bridgehead atoms. The Balaban J connectivity index is 0.932. The first-order chi connectivity index (χ1) is 25.5. The van der Waals surface area contributed by atoms with Crippen molar-refractivity contribution in [2.75, 3.05) is 19.8 Å². The van der Waals surface area contributed by atoms with Crippen LogP contribution in [0, 0.1) is 46.3 Å². The van der Waals surface area contributed by atoms with E-state index in [4.69, 9.17) is 28.4 Å². The molecule has 4 saturated carbocycles. The second kappa shape index (κ2) is 14.3. The predicted molar refractivity (Wildman–Crippen MR) is 186 cm³/mol. The maximum atomic E-state index is 12.5. The van der Waals surface area contributed by atoms with Crippen LogP contribution in [-0.4, -0.2) is 157 Å². The quantitative estimate of drug-likeness (QED) is 0.155. The minimum atomic E-state index is -1.77. The van der Waals surface area contributed by atoms with Crippen LogP contribution in [0.1, 0.15) is 85.5 Å². The molecule has 15 heteroatoms. The van der Waals surface area contributed by atoms with Gasteiger partial charge in [0.05, 0.1) is 43.7 Å². The van der Waals surface area contributed by atoms with E-state index in [0.29, 0.717) is 36.0 Å². The summed E-state index contributed by atoms with van der Waals surface area (Å²) in [5.41, 5.74) is -1.97. The maximum absolute atomic E-state index is 12.5. The van der Waals surface area contributed by atoms with E-state index in [1.165, 1.54) is 0 Å². The van der Waals surface area contributed by atoms with Gasteiger partial charge in [0.2, 0.25) is 0 Å².